The maximum Gasteiger partial charge on any atom is 0.234 e. The van der Waals surface area contributed by atoms with E-state index in [1.165, 1.54) is 0 Å². The Hall–Kier alpha value is -1.51. The van der Waals surface area contributed by atoms with Crippen molar-refractivity contribution in [2.75, 3.05) is 11.9 Å². The maximum absolute atomic E-state index is 12.1. The Kier molecular flexibility index (Phi) is 1.96. The molecule has 1 aliphatic carbocycles. The number of ether oxygens (including phenoxy) is 1. The van der Waals surface area contributed by atoms with Gasteiger partial charge in [-0.25, -0.2) is 0 Å². The zero-order valence-electron chi connectivity index (χ0n) is 9.38. The number of aryl methyl sites for hydroxylation is 1. The van der Waals surface area contributed by atoms with Crippen molar-refractivity contribution in [2.24, 2.45) is 5.41 Å². The summed E-state index contributed by atoms with van der Waals surface area (Å²) in [5.41, 5.74) is 1.69. The molecule has 0 aromatic heterocycles. The molecular weight excluding hydrogens is 202 g/mol. The first-order chi connectivity index (χ1) is 7.70. The van der Waals surface area contributed by atoms with Crippen LogP contribution in [-0.2, 0) is 4.79 Å². The number of hydrogen-bond donors (Lipinski definition) is 1. The molecule has 1 aliphatic heterocycles. The summed E-state index contributed by atoms with van der Waals surface area (Å²) < 4.78 is 5.75. The molecule has 0 bridgehead atoms. The first kappa shape index (κ1) is 9.70. The summed E-state index contributed by atoms with van der Waals surface area (Å²) >= 11 is 0. The number of rotatable bonds is 0. The molecular formula is C13H15NO2. The first-order valence-corrected chi connectivity index (χ1v) is 5.75. The van der Waals surface area contributed by atoms with Crippen LogP contribution in [0.1, 0.15) is 24.8 Å². The molecule has 3 rings (SSSR count). The fourth-order valence-electron chi connectivity index (χ4n) is 2.38. The van der Waals surface area contributed by atoms with Crippen LogP contribution in [-0.4, -0.2) is 12.5 Å². The Morgan fingerprint density at radius 2 is 2.19 bits per heavy atom. The van der Waals surface area contributed by atoms with Crippen LogP contribution in [0.3, 0.4) is 0 Å². The SMILES string of the molecule is Cc1ccc2c(c1)NC(=O)C1(CCC1)CO2. The van der Waals surface area contributed by atoms with Gasteiger partial charge in [0.2, 0.25) is 5.91 Å². The molecule has 1 N–H and O–H groups in total. The standard InChI is InChI=1S/C13H15NO2/c1-9-3-4-11-10(7-9)14-12(15)13(8-16-11)5-2-6-13/h3-4,7H,2,5-6,8H2,1H3,(H,14,15). The molecule has 1 saturated carbocycles. The summed E-state index contributed by atoms with van der Waals surface area (Å²) in [7, 11) is 0. The van der Waals surface area contributed by atoms with E-state index in [0.717, 1.165) is 36.3 Å². The molecule has 84 valence electrons. The predicted molar refractivity (Wildman–Crippen MR) is 61.6 cm³/mol. The van der Waals surface area contributed by atoms with Crippen LogP contribution in [0, 0.1) is 12.3 Å². The van der Waals surface area contributed by atoms with Crippen molar-refractivity contribution >= 4 is 11.6 Å². The van der Waals surface area contributed by atoms with Crippen molar-refractivity contribution in [3.63, 3.8) is 0 Å². The Balaban J connectivity index is 1.97. The quantitative estimate of drug-likeness (QED) is 0.725. The Morgan fingerprint density at radius 3 is 2.88 bits per heavy atom. The van der Waals surface area contributed by atoms with Gasteiger partial charge in [-0.2, -0.15) is 0 Å². The highest BCUT2D eigenvalue weighted by Gasteiger charge is 2.46. The van der Waals surface area contributed by atoms with Crippen molar-refractivity contribution < 1.29 is 9.53 Å². The minimum absolute atomic E-state index is 0.128. The van der Waals surface area contributed by atoms with Crippen LogP contribution in [0.25, 0.3) is 0 Å². The predicted octanol–water partition coefficient (Wildman–Crippen LogP) is 2.50. The van der Waals surface area contributed by atoms with E-state index in [9.17, 15) is 4.79 Å². The lowest BCUT2D eigenvalue weighted by molar-refractivity contribution is -0.132. The van der Waals surface area contributed by atoms with E-state index in [0.29, 0.717) is 6.61 Å². The molecule has 1 aromatic rings. The van der Waals surface area contributed by atoms with E-state index in [1.807, 2.05) is 25.1 Å². The lowest BCUT2D eigenvalue weighted by Crippen LogP contribution is -2.45. The van der Waals surface area contributed by atoms with E-state index in [-0.39, 0.29) is 11.3 Å². The van der Waals surface area contributed by atoms with Gasteiger partial charge in [0, 0.05) is 0 Å². The maximum atomic E-state index is 12.1. The highest BCUT2D eigenvalue weighted by atomic mass is 16.5. The summed E-state index contributed by atoms with van der Waals surface area (Å²) in [5, 5.41) is 2.99. The molecule has 16 heavy (non-hydrogen) atoms. The monoisotopic (exact) mass is 217 g/mol. The highest BCUT2D eigenvalue weighted by molar-refractivity contribution is 5.98. The van der Waals surface area contributed by atoms with Crippen LogP contribution in [0.5, 0.6) is 5.75 Å². The summed E-state index contributed by atoms with van der Waals surface area (Å²) in [6, 6.07) is 5.90. The van der Waals surface area contributed by atoms with Crippen LogP contribution >= 0.6 is 0 Å². The number of carbonyl (C=O) groups is 1. The van der Waals surface area contributed by atoms with Crippen molar-refractivity contribution in [1.29, 1.82) is 0 Å². The van der Waals surface area contributed by atoms with Gasteiger partial charge in [0.05, 0.1) is 11.1 Å². The number of nitrogens with one attached hydrogen (secondary N) is 1. The molecule has 0 atom stereocenters. The molecule has 1 spiro atoms. The van der Waals surface area contributed by atoms with E-state index in [1.54, 1.807) is 0 Å². The second-order valence-electron chi connectivity index (χ2n) is 4.88. The number of fused-ring (bicyclic) bond motifs is 1. The van der Waals surface area contributed by atoms with Gasteiger partial charge in [-0.3, -0.25) is 4.79 Å². The second kappa shape index (κ2) is 3.24. The average molecular weight is 217 g/mol. The second-order valence-corrected chi connectivity index (χ2v) is 4.88. The van der Waals surface area contributed by atoms with Gasteiger partial charge in [-0.15, -0.1) is 0 Å². The van der Waals surface area contributed by atoms with Gasteiger partial charge in [-0.05, 0) is 37.5 Å². The molecule has 1 heterocycles. The molecule has 1 amide bonds. The minimum atomic E-state index is -0.257. The number of amides is 1. The van der Waals surface area contributed by atoms with Gasteiger partial charge < -0.3 is 10.1 Å². The van der Waals surface area contributed by atoms with Crippen molar-refractivity contribution in [3.05, 3.63) is 23.8 Å². The number of hydrogen-bond acceptors (Lipinski definition) is 2. The molecule has 0 saturated heterocycles. The largest absolute Gasteiger partial charge is 0.490 e. The molecule has 1 aromatic carbocycles. The van der Waals surface area contributed by atoms with Crippen LogP contribution in [0.15, 0.2) is 18.2 Å². The van der Waals surface area contributed by atoms with Crippen molar-refractivity contribution in [3.8, 4) is 5.75 Å². The third-order valence-corrected chi connectivity index (χ3v) is 3.68. The zero-order valence-corrected chi connectivity index (χ0v) is 9.38. The fraction of sp³-hybridized carbons (Fsp3) is 0.462. The summed E-state index contributed by atoms with van der Waals surface area (Å²) in [6.07, 6.45) is 3.03. The van der Waals surface area contributed by atoms with Crippen molar-refractivity contribution in [1.82, 2.24) is 0 Å². The molecule has 1 fully saturated rings. The Labute approximate surface area is 94.8 Å². The van der Waals surface area contributed by atoms with Crippen LogP contribution < -0.4 is 10.1 Å². The lowest BCUT2D eigenvalue weighted by atomic mass is 9.69. The minimum Gasteiger partial charge on any atom is -0.490 e. The summed E-state index contributed by atoms with van der Waals surface area (Å²) in [5.74, 6) is 0.922. The Bertz CT molecular complexity index is 449. The fourth-order valence-corrected chi connectivity index (χ4v) is 2.38. The van der Waals surface area contributed by atoms with Gasteiger partial charge in [0.1, 0.15) is 12.4 Å². The van der Waals surface area contributed by atoms with Crippen LogP contribution in [0.2, 0.25) is 0 Å². The van der Waals surface area contributed by atoms with Gasteiger partial charge >= 0.3 is 0 Å². The topological polar surface area (TPSA) is 38.3 Å². The highest BCUT2D eigenvalue weighted by Crippen LogP contribution is 2.45. The number of anilines is 1. The third-order valence-electron chi connectivity index (χ3n) is 3.68. The molecule has 3 nitrogen and oxygen atoms in total. The van der Waals surface area contributed by atoms with Gasteiger partial charge in [-0.1, -0.05) is 12.5 Å². The van der Waals surface area contributed by atoms with E-state index in [2.05, 4.69) is 5.32 Å². The van der Waals surface area contributed by atoms with E-state index < -0.39 is 0 Å². The van der Waals surface area contributed by atoms with Crippen LogP contribution in [0.4, 0.5) is 5.69 Å². The third kappa shape index (κ3) is 1.31. The van der Waals surface area contributed by atoms with E-state index >= 15 is 0 Å². The lowest BCUT2D eigenvalue weighted by Gasteiger charge is -2.37. The van der Waals surface area contributed by atoms with E-state index in [4.69, 9.17) is 4.74 Å². The zero-order chi connectivity index (χ0) is 11.2. The Morgan fingerprint density at radius 1 is 1.38 bits per heavy atom. The van der Waals surface area contributed by atoms with Gasteiger partial charge in [0.15, 0.2) is 0 Å². The average Bonchev–Trinajstić information content (AvgIpc) is 2.32. The first-order valence-electron chi connectivity index (χ1n) is 5.75. The number of benzene rings is 1. The molecule has 0 radical (unpaired) electrons. The number of carbonyl (C=O) groups excluding carboxylic acids is 1. The normalized spacial score (nSPS) is 21.4. The molecule has 0 unspecified atom stereocenters. The smallest absolute Gasteiger partial charge is 0.234 e. The summed E-state index contributed by atoms with van der Waals surface area (Å²) in [4.78, 5) is 12.1. The summed E-state index contributed by atoms with van der Waals surface area (Å²) in [6.45, 7) is 2.53. The van der Waals surface area contributed by atoms with Gasteiger partial charge in [0.25, 0.3) is 0 Å². The molecule has 2 aliphatic rings. The van der Waals surface area contributed by atoms with Crippen molar-refractivity contribution in [2.45, 2.75) is 26.2 Å². The molecule has 3 heteroatoms.